The highest BCUT2D eigenvalue weighted by Crippen LogP contribution is 2.23. The van der Waals surface area contributed by atoms with Crippen molar-refractivity contribution < 1.29 is 0 Å². The molecule has 2 aromatic heterocycles. The fourth-order valence-corrected chi connectivity index (χ4v) is 2.49. The lowest BCUT2D eigenvalue weighted by atomic mass is 10.2. The van der Waals surface area contributed by atoms with Gasteiger partial charge in [-0.2, -0.15) is 0 Å². The molecule has 2 N–H and O–H groups in total. The Morgan fingerprint density at radius 3 is 2.78 bits per heavy atom. The monoisotopic (exact) mass is 262 g/mol. The first-order valence-electron chi connectivity index (χ1n) is 6.20. The van der Waals surface area contributed by atoms with Crippen LogP contribution in [0.1, 0.15) is 31.3 Å². The Morgan fingerprint density at radius 1 is 1.28 bits per heavy atom. The molecule has 1 atom stereocenters. The number of aromatic nitrogens is 2. The van der Waals surface area contributed by atoms with Crippen molar-refractivity contribution in [2.45, 2.75) is 26.3 Å². The fraction of sp³-hybridized carbons (Fsp3) is 0.385. The summed E-state index contributed by atoms with van der Waals surface area (Å²) in [5.74, 6) is 1.78. The van der Waals surface area contributed by atoms with Crippen molar-refractivity contribution in [3.8, 4) is 0 Å². The van der Waals surface area contributed by atoms with E-state index in [4.69, 9.17) is 0 Å². The van der Waals surface area contributed by atoms with Gasteiger partial charge >= 0.3 is 0 Å². The summed E-state index contributed by atoms with van der Waals surface area (Å²) >= 11 is 1.67. The molecule has 18 heavy (non-hydrogen) atoms. The van der Waals surface area contributed by atoms with E-state index in [0.29, 0.717) is 0 Å². The maximum Gasteiger partial charge on any atom is 0.128 e. The molecule has 0 saturated heterocycles. The summed E-state index contributed by atoms with van der Waals surface area (Å²) in [6, 6.07) is 6.19. The molecule has 0 aliphatic heterocycles. The molecule has 2 heterocycles. The van der Waals surface area contributed by atoms with Crippen molar-refractivity contribution in [3.63, 3.8) is 0 Å². The lowest BCUT2D eigenvalue weighted by molar-refractivity contribution is 0.738. The number of anilines is 2. The Morgan fingerprint density at radius 2 is 2.11 bits per heavy atom. The van der Waals surface area contributed by atoms with Crippen LogP contribution < -0.4 is 10.6 Å². The number of thiazole rings is 1. The first-order chi connectivity index (χ1) is 8.83. The number of nitrogens with zero attached hydrogens (tertiary/aromatic N) is 2. The zero-order valence-electron chi connectivity index (χ0n) is 10.7. The fourth-order valence-electron chi connectivity index (χ4n) is 1.72. The summed E-state index contributed by atoms with van der Waals surface area (Å²) in [5, 5.41) is 9.74. The van der Waals surface area contributed by atoms with E-state index >= 15 is 0 Å². The van der Waals surface area contributed by atoms with Gasteiger partial charge in [0.1, 0.15) is 16.6 Å². The first-order valence-corrected chi connectivity index (χ1v) is 7.08. The summed E-state index contributed by atoms with van der Waals surface area (Å²) in [5.41, 5.74) is 0. The molecular weight excluding hydrogens is 244 g/mol. The van der Waals surface area contributed by atoms with Gasteiger partial charge in [0.05, 0.1) is 6.04 Å². The number of rotatable bonds is 6. The minimum atomic E-state index is 0.231. The van der Waals surface area contributed by atoms with Gasteiger partial charge in [0.25, 0.3) is 0 Å². The van der Waals surface area contributed by atoms with Crippen LogP contribution in [0.15, 0.2) is 29.8 Å². The van der Waals surface area contributed by atoms with Gasteiger partial charge in [-0.05, 0) is 25.5 Å². The smallest absolute Gasteiger partial charge is 0.128 e. The predicted octanol–water partition coefficient (Wildman–Crippen LogP) is 3.53. The van der Waals surface area contributed by atoms with Crippen LogP contribution in [0.3, 0.4) is 0 Å². The maximum absolute atomic E-state index is 4.51. The van der Waals surface area contributed by atoms with Gasteiger partial charge in [0.2, 0.25) is 0 Å². The third-order valence-electron chi connectivity index (χ3n) is 2.59. The SMILES string of the molecule is CCNc1cccc(NC(CC)c2nccs2)n1. The lowest BCUT2D eigenvalue weighted by Gasteiger charge is -2.15. The van der Waals surface area contributed by atoms with Crippen LogP contribution in [0, 0.1) is 0 Å². The Bertz CT molecular complexity index is 470. The normalized spacial score (nSPS) is 12.1. The van der Waals surface area contributed by atoms with Crippen LogP contribution in [0.4, 0.5) is 11.6 Å². The van der Waals surface area contributed by atoms with Crippen LogP contribution in [0.5, 0.6) is 0 Å². The number of hydrogen-bond acceptors (Lipinski definition) is 5. The second kappa shape index (κ2) is 6.35. The second-order valence-corrected chi connectivity index (χ2v) is 4.84. The van der Waals surface area contributed by atoms with E-state index in [1.807, 2.05) is 29.8 Å². The Hall–Kier alpha value is -1.62. The molecular formula is C13H18N4S. The molecule has 0 spiro atoms. The van der Waals surface area contributed by atoms with Gasteiger partial charge in [0, 0.05) is 18.1 Å². The average molecular weight is 262 g/mol. The highest BCUT2D eigenvalue weighted by molar-refractivity contribution is 7.09. The molecule has 4 nitrogen and oxygen atoms in total. The Kier molecular flexibility index (Phi) is 4.52. The molecule has 0 fully saturated rings. The zero-order valence-corrected chi connectivity index (χ0v) is 11.5. The van der Waals surface area contributed by atoms with E-state index in [1.165, 1.54) is 0 Å². The molecule has 2 rings (SSSR count). The Labute approximate surface area is 111 Å². The summed E-state index contributed by atoms with van der Waals surface area (Å²) in [6.07, 6.45) is 2.83. The standard InChI is InChI=1S/C13H18N4S/c1-3-10(13-15-8-9-18-13)16-12-7-5-6-11(17-12)14-4-2/h5-10H,3-4H2,1-2H3,(H2,14,16,17). The van der Waals surface area contributed by atoms with Gasteiger partial charge < -0.3 is 10.6 Å². The third kappa shape index (κ3) is 3.20. The maximum atomic E-state index is 4.51. The number of nitrogens with one attached hydrogen (secondary N) is 2. The highest BCUT2D eigenvalue weighted by atomic mass is 32.1. The molecule has 2 aromatic rings. The van der Waals surface area contributed by atoms with Crippen LogP contribution in [0.2, 0.25) is 0 Å². The van der Waals surface area contributed by atoms with E-state index < -0.39 is 0 Å². The lowest BCUT2D eigenvalue weighted by Crippen LogP contribution is -2.11. The van der Waals surface area contributed by atoms with E-state index in [-0.39, 0.29) is 6.04 Å². The Balaban J connectivity index is 2.09. The molecule has 96 valence electrons. The van der Waals surface area contributed by atoms with Crippen molar-refractivity contribution in [1.29, 1.82) is 0 Å². The molecule has 0 saturated carbocycles. The quantitative estimate of drug-likeness (QED) is 0.836. The summed E-state index contributed by atoms with van der Waals surface area (Å²) in [7, 11) is 0. The van der Waals surface area contributed by atoms with Gasteiger partial charge in [0.15, 0.2) is 0 Å². The summed E-state index contributed by atoms with van der Waals surface area (Å²) < 4.78 is 0. The van der Waals surface area contributed by atoms with Crippen molar-refractivity contribution in [1.82, 2.24) is 9.97 Å². The van der Waals surface area contributed by atoms with Gasteiger partial charge in [-0.15, -0.1) is 11.3 Å². The number of hydrogen-bond donors (Lipinski definition) is 2. The first kappa shape index (κ1) is 12.8. The van der Waals surface area contributed by atoms with Gasteiger partial charge in [-0.1, -0.05) is 13.0 Å². The summed E-state index contributed by atoms with van der Waals surface area (Å²) in [6.45, 7) is 5.08. The molecule has 0 bridgehead atoms. The van der Waals surface area contributed by atoms with E-state index in [1.54, 1.807) is 11.3 Å². The molecule has 5 heteroatoms. The van der Waals surface area contributed by atoms with Crippen molar-refractivity contribution >= 4 is 23.0 Å². The van der Waals surface area contributed by atoms with E-state index in [2.05, 4.69) is 34.4 Å². The van der Waals surface area contributed by atoms with Gasteiger partial charge in [-0.25, -0.2) is 9.97 Å². The molecule has 0 amide bonds. The molecule has 0 aromatic carbocycles. The average Bonchev–Trinajstić information content (AvgIpc) is 2.90. The predicted molar refractivity (Wildman–Crippen MR) is 77.2 cm³/mol. The highest BCUT2D eigenvalue weighted by Gasteiger charge is 2.12. The van der Waals surface area contributed by atoms with Crippen LogP contribution >= 0.6 is 11.3 Å². The molecule has 0 aliphatic carbocycles. The van der Waals surface area contributed by atoms with Crippen molar-refractivity contribution in [2.24, 2.45) is 0 Å². The second-order valence-electron chi connectivity index (χ2n) is 3.91. The van der Waals surface area contributed by atoms with Crippen LogP contribution in [-0.4, -0.2) is 16.5 Å². The zero-order chi connectivity index (χ0) is 12.8. The van der Waals surface area contributed by atoms with Crippen LogP contribution in [0.25, 0.3) is 0 Å². The topological polar surface area (TPSA) is 49.8 Å². The molecule has 0 aliphatic rings. The van der Waals surface area contributed by atoms with Crippen molar-refractivity contribution in [3.05, 3.63) is 34.8 Å². The molecule has 1 unspecified atom stereocenters. The van der Waals surface area contributed by atoms with E-state index in [0.717, 1.165) is 29.6 Å². The molecule has 0 radical (unpaired) electrons. The van der Waals surface area contributed by atoms with E-state index in [9.17, 15) is 0 Å². The van der Waals surface area contributed by atoms with Crippen LogP contribution in [-0.2, 0) is 0 Å². The minimum absolute atomic E-state index is 0.231. The summed E-state index contributed by atoms with van der Waals surface area (Å²) in [4.78, 5) is 8.87. The minimum Gasteiger partial charge on any atom is -0.370 e. The van der Waals surface area contributed by atoms with Crippen molar-refractivity contribution in [2.75, 3.05) is 17.2 Å². The largest absolute Gasteiger partial charge is 0.370 e. The van der Waals surface area contributed by atoms with Gasteiger partial charge in [-0.3, -0.25) is 0 Å². The third-order valence-corrected chi connectivity index (χ3v) is 3.48. The number of pyridine rings is 1.